The standard InChI is InChI=1S/C18H28N2O2/c1-3-7-18(21)20(15-17-8-5-4-6-9-17)16(2)14-19-10-12-22-13-11-19/h4-6,8-9,16H,3,7,10-15H2,1-2H3/t16-/m1/s1. The van der Waals surface area contributed by atoms with Crippen LogP contribution in [0.1, 0.15) is 32.3 Å². The number of ether oxygens (including phenoxy) is 1. The third-order valence-corrected chi connectivity index (χ3v) is 4.14. The summed E-state index contributed by atoms with van der Waals surface area (Å²) in [5, 5.41) is 0. The number of carbonyl (C=O) groups is 1. The molecule has 22 heavy (non-hydrogen) atoms. The predicted octanol–water partition coefficient (Wildman–Crippen LogP) is 2.54. The van der Waals surface area contributed by atoms with Crippen molar-refractivity contribution in [3.8, 4) is 0 Å². The molecule has 1 heterocycles. The van der Waals surface area contributed by atoms with Gasteiger partial charge >= 0.3 is 0 Å². The van der Waals surface area contributed by atoms with Gasteiger partial charge in [0.25, 0.3) is 0 Å². The van der Waals surface area contributed by atoms with Crippen molar-refractivity contribution in [3.63, 3.8) is 0 Å². The highest BCUT2D eigenvalue weighted by atomic mass is 16.5. The molecule has 1 saturated heterocycles. The first-order valence-electron chi connectivity index (χ1n) is 8.34. The Morgan fingerprint density at radius 3 is 2.59 bits per heavy atom. The van der Waals surface area contributed by atoms with E-state index in [-0.39, 0.29) is 11.9 Å². The summed E-state index contributed by atoms with van der Waals surface area (Å²) in [5.74, 6) is 0.257. The van der Waals surface area contributed by atoms with Crippen molar-refractivity contribution in [2.24, 2.45) is 0 Å². The summed E-state index contributed by atoms with van der Waals surface area (Å²) >= 11 is 0. The van der Waals surface area contributed by atoms with Crippen LogP contribution < -0.4 is 0 Å². The van der Waals surface area contributed by atoms with Crippen LogP contribution in [0.25, 0.3) is 0 Å². The van der Waals surface area contributed by atoms with Gasteiger partial charge < -0.3 is 9.64 Å². The molecule has 0 aliphatic carbocycles. The van der Waals surface area contributed by atoms with Gasteiger partial charge in [-0.1, -0.05) is 37.3 Å². The zero-order valence-corrected chi connectivity index (χ0v) is 13.8. The van der Waals surface area contributed by atoms with E-state index in [9.17, 15) is 4.79 Å². The Labute approximate surface area is 134 Å². The maximum atomic E-state index is 12.5. The Morgan fingerprint density at radius 2 is 1.95 bits per heavy atom. The summed E-state index contributed by atoms with van der Waals surface area (Å²) in [6.45, 7) is 9.37. The number of hydrogen-bond donors (Lipinski definition) is 0. The highest BCUT2D eigenvalue weighted by Crippen LogP contribution is 2.13. The molecule has 4 heteroatoms. The fraction of sp³-hybridized carbons (Fsp3) is 0.611. The first-order valence-corrected chi connectivity index (χ1v) is 8.34. The van der Waals surface area contributed by atoms with Crippen LogP contribution in [-0.4, -0.2) is 54.6 Å². The zero-order valence-electron chi connectivity index (χ0n) is 13.8. The van der Waals surface area contributed by atoms with Gasteiger partial charge in [-0.05, 0) is 18.9 Å². The number of rotatable bonds is 7. The molecule has 1 aliphatic heterocycles. The normalized spacial score (nSPS) is 17.2. The highest BCUT2D eigenvalue weighted by molar-refractivity contribution is 5.76. The van der Waals surface area contributed by atoms with Crippen molar-refractivity contribution in [1.29, 1.82) is 0 Å². The molecule has 0 unspecified atom stereocenters. The molecule has 1 aliphatic rings. The molecule has 1 atom stereocenters. The number of benzene rings is 1. The fourth-order valence-electron chi connectivity index (χ4n) is 2.88. The molecule has 0 N–H and O–H groups in total. The second-order valence-corrected chi connectivity index (χ2v) is 6.02. The van der Waals surface area contributed by atoms with Crippen molar-refractivity contribution >= 4 is 5.91 Å². The molecule has 1 aromatic carbocycles. The van der Waals surface area contributed by atoms with Gasteiger partial charge in [-0.15, -0.1) is 0 Å². The van der Waals surface area contributed by atoms with E-state index in [2.05, 4.69) is 30.9 Å². The highest BCUT2D eigenvalue weighted by Gasteiger charge is 2.22. The summed E-state index contributed by atoms with van der Waals surface area (Å²) < 4.78 is 5.40. The van der Waals surface area contributed by atoms with Crippen molar-refractivity contribution in [1.82, 2.24) is 9.80 Å². The van der Waals surface area contributed by atoms with Crippen molar-refractivity contribution in [2.75, 3.05) is 32.8 Å². The first kappa shape index (κ1) is 17.0. The minimum absolute atomic E-state index is 0.220. The van der Waals surface area contributed by atoms with Gasteiger partial charge in [-0.2, -0.15) is 0 Å². The minimum Gasteiger partial charge on any atom is -0.379 e. The molecule has 0 radical (unpaired) electrons. The number of amides is 1. The number of nitrogens with zero attached hydrogens (tertiary/aromatic N) is 2. The number of carbonyl (C=O) groups excluding carboxylic acids is 1. The summed E-state index contributed by atoms with van der Waals surface area (Å²) in [6.07, 6.45) is 1.52. The molecule has 0 saturated carbocycles. The quantitative estimate of drug-likeness (QED) is 0.776. The Bertz CT molecular complexity index is 444. The van der Waals surface area contributed by atoms with Crippen LogP contribution in [0.4, 0.5) is 0 Å². The minimum atomic E-state index is 0.220. The van der Waals surface area contributed by atoms with E-state index >= 15 is 0 Å². The lowest BCUT2D eigenvalue weighted by Gasteiger charge is -2.35. The van der Waals surface area contributed by atoms with Crippen LogP contribution in [0.3, 0.4) is 0 Å². The smallest absolute Gasteiger partial charge is 0.223 e. The molecule has 1 aromatic rings. The average Bonchev–Trinajstić information content (AvgIpc) is 2.54. The van der Waals surface area contributed by atoms with E-state index in [0.29, 0.717) is 13.0 Å². The van der Waals surface area contributed by atoms with E-state index < -0.39 is 0 Å². The third kappa shape index (κ3) is 5.11. The predicted molar refractivity (Wildman–Crippen MR) is 88.6 cm³/mol. The van der Waals surface area contributed by atoms with Gasteiger partial charge in [0.15, 0.2) is 0 Å². The number of hydrogen-bond acceptors (Lipinski definition) is 3. The van der Waals surface area contributed by atoms with Gasteiger partial charge in [0, 0.05) is 38.6 Å². The van der Waals surface area contributed by atoms with Crippen LogP contribution >= 0.6 is 0 Å². The maximum absolute atomic E-state index is 12.5. The Kier molecular flexibility index (Phi) is 6.87. The van der Waals surface area contributed by atoms with Crippen molar-refractivity contribution < 1.29 is 9.53 Å². The topological polar surface area (TPSA) is 32.8 Å². The second-order valence-electron chi connectivity index (χ2n) is 6.02. The van der Waals surface area contributed by atoms with Crippen LogP contribution in [0.15, 0.2) is 30.3 Å². The molecule has 122 valence electrons. The summed E-state index contributed by atoms with van der Waals surface area (Å²) in [6, 6.07) is 10.5. The Hall–Kier alpha value is -1.39. The van der Waals surface area contributed by atoms with Crippen molar-refractivity contribution in [3.05, 3.63) is 35.9 Å². The molecule has 4 nitrogen and oxygen atoms in total. The molecule has 1 fully saturated rings. The summed E-state index contributed by atoms with van der Waals surface area (Å²) in [7, 11) is 0. The van der Waals surface area contributed by atoms with Gasteiger partial charge in [0.1, 0.15) is 0 Å². The number of morpholine rings is 1. The lowest BCUT2D eigenvalue weighted by atomic mass is 10.1. The monoisotopic (exact) mass is 304 g/mol. The molecule has 0 spiro atoms. The van der Waals surface area contributed by atoms with E-state index in [1.54, 1.807) is 0 Å². The van der Waals surface area contributed by atoms with Crippen LogP contribution in [0.5, 0.6) is 0 Å². The third-order valence-electron chi connectivity index (χ3n) is 4.14. The molecular weight excluding hydrogens is 276 g/mol. The first-order chi connectivity index (χ1) is 10.7. The Morgan fingerprint density at radius 1 is 1.27 bits per heavy atom. The fourth-order valence-corrected chi connectivity index (χ4v) is 2.88. The van der Waals surface area contributed by atoms with Gasteiger partial charge in [0.2, 0.25) is 5.91 Å². The van der Waals surface area contributed by atoms with Crippen molar-refractivity contribution in [2.45, 2.75) is 39.3 Å². The SMILES string of the molecule is CCCC(=O)N(Cc1ccccc1)[C@H](C)CN1CCOCC1. The van der Waals surface area contributed by atoms with Gasteiger partial charge in [0.05, 0.1) is 13.2 Å². The molecule has 2 rings (SSSR count). The lowest BCUT2D eigenvalue weighted by molar-refractivity contribution is -0.134. The van der Waals surface area contributed by atoms with E-state index in [0.717, 1.165) is 39.3 Å². The molecular formula is C18H28N2O2. The zero-order chi connectivity index (χ0) is 15.8. The molecule has 1 amide bonds. The summed E-state index contributed by atoms with van der Waals surface area (Å²) in [4.78, 5) is 16.9. The second kappa shape index (κ2) is 8.91. The molecule has 0 aromatic heterocycles. The average molecular weight is 304 g/mol. The van der Waals surface area contributed by atoms with Crippen LogP contribution in [0, 0.1) is 0 Å². The molecule has 0 bridgehead atoms. The van der Waals surface area contributed by atoms with E-state index in [1.165, 1.54) is 5.56 Å². The lowest BCUT2D eigenvalue weighted by Crippen LogP contribution is -2.47. The van der Waals surface area contributed by atoms with Gasteiger partial charge in [-0.25, -0.2) is 0 Å². The van der Waals surface area contributed by atoms with E-state index in [1.807, 2.05) is 23.1 Å². The van der Waals surface area contributed by atoms with Crippen LogP contribution in [-0.2, 0) is 16.1 Å². The maximum Gasteiger partial charge on any atom is 0.223 e. The van der Waals surface area contributed by atoms with Crippen LogP contribution in [0.2, 0.25) is 0 Å². The largest absolute Gasteiger partial charge is 0.379 e. The van der Waals surface area contributed by atoms with Gasteiger partial charge in [-0.3, -0.25) is 9.69 Å². The summed E-state index contributed by atoms with van der Waals surface area (Å²) in [5.41, 5.74) is 1.20. The Balaban J connectivity index is 2.00. The van der Waals surface area contributed by atoms with E-state index in [4.69, 9.17) is 4.74 Å².